The van der Waals surface area contributed by atoms with Gasteiger partial charge in [-0.1, -0.05) is 0 Å². The van der Waals surface area contributed by atoms with Gasteiger partial charge in [0.25, 0.3) is 5.91 Å². The third kappa shape index (κ3) is 3.70. The highest BCUT2D eigenvalue weighted by Crippen LogP contribution is 2.48. The number of fused-ring (bicyclic) bond motifs is 5. The van der Waals surface area contributed by atoms with Crippen molar-refractivity contribution < 1.29 is 43.3 Å². The van der Waals surface area contributed by atoms with Crippen LogP contribution in [0.4, 0.5) is 0 Å². The molecule has 1 saturated heterocycles. The van der Waals surface area contributed by atoms with Crippen molar-refractivity contribution in [3.8, 4) is 0 Å². The Morgan fingerprint density at radius 3 is 1.90 bits per heavy atom. The number of hydrogen-bond acceptors (Lipinski definition) is 11. The Morgan fingerprint density at radius 2 is 1.38 bits per heavy atom. The van der Waals surface area contributed by atoms with Crippen LogP contribution in [0.5, 0.6) is 0 Å². The van der Waals surface area contributed by atoms with E-state index in [-0.39, 0.29) is 64.6 Å². The second-order valence-corrected chi connectivity index (χ2v) is 10.7. The van der Waals surface area contributed by atoms with Gasteiger partial charge < -0.3 is 19.9 Å². The minimum absolute atomic E-state index is 0.00650. The number of aliphatic hydroxyl groups is 1. The highest BCUT2D eigenvalue weighted by atomic mass is 16.5. The number of nitrogens with zero attached hydrogens (tertiary/aromatic N) is 2. The summed E-state index contributed by atoms with van der Waals surface area (Å²) in [6, 6.07) is -3.13. The molecule has 0 radical (unpaired) electrons. The number of allylic oxidation sites excluding steroid dienone is 4. The van der Waals surface area contributed by atoms with Gasteiger partial charge in [0.2, 0.25) is 17.3 Å². The molecule has 2 N–H and O–H groups in total. The van der Waals surface area contributed by atoms with Crippen LogP contribution in [0.25, 0.3) is 0 Å². The van der Waals surface area contributed by atoms with E-state index in [4.69, 9.17) is 9.47 Å². The topological polar surface area (TPSA) is 160 Å². The molecule has 5 atom stereocenters. The third-order valence-electron chi connectivity index (χ3n) is 8.82. The fourth-order valence-corrected chi connectivity index (χ4v) is 6.94. The van der Waals surface area contributed by atoms with Crippen molar-refractivity contribution in [1.29, 1.82) is 0 Å². The van der Waals surface area contributed by atoms with Gasteiger partial charge in [0, 0.05) is 52.9 Å². The zero-order valence-electron chi connectivity index (χ0n) is 23.1. The molecule has 3 aliphatic heterocycles. The largest absolute Gasteiger partial charge is 0.492 e. The molecule has 0 aromatic carbocycles. The maximum atomic E-state index is 13.7. The number of likely N-dealkylation sites (N-methyl/N-ethyl adjacent to an activating group) is 1. The minimum Gasteiger partial charge on any atom is -0.492 e. The molecular weight excluding hydrogens is 522 g/mol. The van der Waals surface area contributed by atoms with E-state index >= 15 is 0 Å². The van der Waals surface area contributed by atoms with Crippen LogP contribution in [0.15, 0.2) is 45.0 Å². The summed E-state index contributed by atoms with van der Waals surface area (Å²) in [7, 11) is 4.35. The predicted molar refractivity (Wildman–Crippen MR) is 137 cm³/mol. The first-order chi connectivity index (χ1) is 18.9. The molecule has 2 aliphatic carbocycles. The normalized spacial score (nSPS) is 30.8. The number of amides is 1. The number of hydrogen-bond donors (Lipinski definition) is 2. The Labute approximate surface area is 230 Å². The average Bonchev–Trinajstić information content (AvgIpc) is 2.91. The van der Waals surface area contributed by atoms with E-state index in [1.807, 2.05) is 4.90 Å². The summed E-state index contributed by atoms with van der Waals surface area (Å²) in [4.78, 5) is 81.7. The van der Waals surface area contributed by atoms with Gasteiger partial charge in [0.15, 0.2) is 23.1 Å². The summed E-state index contributed by atoms with van der Waals surface area (Å²) in [5.74, 6) is -3.54. The van der Waals surface area contributed by atoms with Gasteiger partial charge in [-0.25, -0.2) is 0 Å². The van der Waals surface area contributed by atoms with Crippen LogP contribution in [0.2, 0.25) is 0 Å². The summed E-state index contributed by atoms with van der Waals surface area (Å²) in [5.41, 5.74) is 1.12. The molecule has 1 amide bonds. The fraction of sp³-hybridized carbons (Fsp3) is 0.500. The van der Waals surface area contributed by atoms with Crippen molar-refractivity contribution in [2.45, 2.75) is 64.0 Å². The molecule has 40 heavy (non-hydrogen) atoms. The molecular formula is C28H31N3O9. The van der Waals surface area contributed by atoms with E-state index in [0.717, 1.165) is 6.92 Å². The number of methoxy groups -OCH3 is 2. The molecule has 5 aliphatic rings. The second-order valence-electron chi connectivity index (χ2n) is 10.7. The SMILES string of the molecule is COC1=C(C)C(=O)C2=C(C1=O)[C@H]1[C@H]3CC4=C(C(=O)C(OC)=C(C)C4=O)[C@H](CNC(=O)C(C)=O)N3[C@@H](O)[C@@H](C2)N1C. The van der Waals surface area contributed by atoms with Gasteiger partial charge in [-0.3, -0.25) is 38.6 Å². The van der Waals surface area contributed by atoms with Crippen LogP contribution in [0, 0.1) is 0 Å². The fourth-order valence-electron chi connectivity index (χ4n) is 6.94. The Bertz CT molecular complexity index is 1430. The predicted octanol–water partition coefficient (Wildman–Crippen LogP) is -0.723. The van der Waals surface area contributed by atoms with E-state index < -0.39 is 59.4 Å². The van der Waals surface area contributed by atoms with E-state index in [9.17, 15) is 33.9 Å². The molecule has 0 spiro atoms. The number of rotatable bonds is 5. The summed E-state index contributed by atoms with van der Waals surface area (Å²) >= 11 is 0. The van der Waals surface area contributed by atoms with Gasteiger partial charge in [-0.2, -0.15) is 0 Å². The van der Waals surface area contributed by atoms with Gasteiger partial charge in [0.05, 0.1) is 32.3 Å². The van der Waals surface area contributed by atoms with Crippen LogP contribution in [-0.2, 0) is 38.2 Å². The lowest BCUT2D eigenvalue weighted by Crippen LogP contribution is -2.74. The van der Waals surface area contributed by atoms with Gasteiger partial charge in [0.1, 0.15) is 6.23 Å². The first-order valence-electron chi connectivity index (χ1n) is 13.0. The number of aliphatic hydroxyl groups excluding tert-OH is 1. The Morgan fingerprint density at radius 1 is 0.875 bits per heavy atom. The van der Waals surface area contributed by atoms with Crippen molar-refractivity contribution in [2.75, 3.05) is 27.8 Å². The zero-order valence-corrected chi connectivity index (χ0v) is 23.1. The molecule has 5 rings (SSSR count). The molecule has 0 unspecified atom stereocenters. The van der Waals surface area contributed by atoms with Crippen molar-refractivity contribution >= 4 is 34.8 Å². The number of carbonyl (C=O) groups is 6. The number of Topliss-reactive ketones (excluding diaryl/α,β-unsaturated/α-hetero) is 5. The average molecular weight is 554 g/mol. The minimum atomic E-state index is -1.24. The molecule has 0 aromatic heterocycles. The van der Waals surface area contributed by atoms with Crippen LogP contribution >= 0.6 is 0 Å². The Kier molecular flexibility index (Phi) is 6.76. The van der Waals surface area contributed by atoms with E-state index in [1.165, 1.54) is 28.1 Å². The maximum Gasteiger partial charge on any atom is 0.287 e. The summed E-state index contributed by atoms with van der Waals surface area (Å²) in [6.07, 6.45) is -1.18. The van der Waals surface area contributed by atoms with Crippen molar-refractivity contribution in [1.82, 2.24) is 15.1 Å². The Hall–Kier alpha value is -3.74. The highest BCUT2D eigenvalue weighted by Gasteiger charge is 2.59. The quantitative estimate of drug-likeness (QED) is 0.327. The molecule has 12 heteroatoms. The molecule has 3 heterocycles. The van der Waals surface area contributed by atoms with E-state index in [1.54, 1.807) is 11.9 Å². The number of ether oxygens (including phenoxy) is 2. The number of piperazine rings is 1. The van der Waals surface area contributed by atoms with Gasteiger partial charge in [-0.15, -0.1) is 0 Å². The lowest BCUT2D eigenvalue weighted by molar-refractivity contribution is -0.161. The Balaban J connectivity index is 1.68. The summed E-state index contributed by atoms with van der Waals surface area (Å²) in [6.45, 7) is 3.86. The smallest absolute Gasteiger partial charge is 0.287 e. The zero-order chi connectivity index (χ0) is 29.4. The molecule has 2 bridgehead atoms. The van der Waals surface area contributed by atoms with Crippen LogP contribution in [0.1, 0.15) is 33.6 Å². The monoisotopic (exact) mass is 553 g/mol. The molecule has 0 saturated carbocycles. The van der Waals surface area contributed by atoms with Crippen molar-refractivity contribution in [2.24, 2.45) is 0 Å². The molecule has 212 valence electrons. The molecule has 1 fully saturated rings. The van der Waals surface area contributed by atoms with Crippen LogP contribution in [-0.4, -0.2) is 108 Å². The van der Waals surface area contributed by atoms with Gasteiger partial charge in [-0.05, 0) is 33.7 Å². The first kappa shape index (κ1) is 27.8. The molecule has 12 nitrogen and oxygen atoms in total. The standard InChI is InChI=1S/C28H31N3O9/c1-10-21(33)13-7-15-20-19-14(22(34)11(2)26(40-6)24(19)36)8-16(30(20)4)28(38)31(15)17(9-29-27(37)12(3)32)18(13)23(35)25(10)39-5/h15-17,20,28,38H,7-9H2,1-6H3,(H,29,37)/t15-,16-,17+,20-,28+/m1/s1. The molecule has 0 aromatic rings. The first-order valence-corrected chi connectivity index (χ1v) is 13.0. The summed E-state index contributed by atoms with van der Waals surface area (Å²) < 4.78 is 10.6. The van der Waals surface area contributed by atoms with Crippen LogP contribution < -0.4 is 5.32 Å². The maximum absolute atomic E-state index is 13.7. The van der Waals surface area contributed by atoms with Gasteiger partial charge >= 0.3 is 0 Å². The van der Waals surface area contributed by atoms with Crippen molar-refractivity contribution in [3.63, 3.8) is 0 Å². The second kappa shape index (κ2) is 9.72. The van der Waals surface area contributed by atoms with E-state index in [2.05, 4.69) is 5.32 Å². The number of nitrogens with one attached hydrogen (secondary N) is 1. The van der Waals surface area contributed by atoms with E-state index in [0.29, 0.717) is 5.57 Å². The number of carbonyl (C=O) groups excluding carboxylic acids is 6. The lowest BCUT2D eigenvalue weighted by Gasteiger charge is -2.60. The van der Waals surface area contributed by atoms with Crippen molar-refractivity contribution in [3.05, 3.63) is 45.0 Å². The number of ketones is 5. The highest BCUT2D eigenvalue weighted by molar-refractivity contribution is 6.35. The lowest BCUT2D eigenvalue weighted by atomic mass is 9.68. The third-order valence-corrected chi connectivity index (χ3v) is 8.82. The summed E-state index contributed by atoms with van der Waals surface area (Å²) in [5, 5.41) is 14.3. The van der Waals surface area contributed by atoms with Crippen LogP contribution in [0.3, 0.4) is 0 Å².